The Kier molecular flexibility index (Phi) is 8.69. The summed E-state index contributed by atoms with van der Waals surface area (Å²) in [5.41, 5.74) is 5.86. The summed E-state index contributed by atoms with van der Waals surface area (Å²) in [4.78, 5) is 27.1. The van der Waals surface area contributed by atoms with Gasteiger partial charge < -0.3 is 9.47 Å². The first-order valence-electron chi connectivity index (χ1n) is 15.3. The van der Waals surface area contributed by atoms with Crippen molar-refractivity contribution in [2.75, 3.05) is 13.2 Å². The standard InChI is InChI=1S/C38H36N2O4/c1-3-43-32-21-13-26(14-22-32)25-31-11-8-12-34-35(31)39-40(36(34)27-19-23-33(24-20-27)44-4-2)38(42)30-17-15-29(16-18-30)37(41)28-9-6-5-7-10-28/h5-7,9-10,13-25,34,36H,3-4,8,11-12H2,1-2H3/b31-25-/t34-,36-/m1/s1. The largest absolute Gasteiger partial charge is 0.494 e. The van der Waals surface area contributed by atoms with Crippen molar-refractivity contribution in [2.24, 2.45) is 11.0 Å². The normalized spacial score (nSPS) is 18.5. The SMILES string of the molecule is CCOc1ccc(/C=C2/CCC[C@@H]3C2=NN(C(=O)c2ccc(C(=O)c4ccccc4)cc2)[C@@H]3c2ccc(OCC)cc2)cc1. The molecule has 2 aliphatic rings. The Morgan fingerprint density at radius 2 is 1.36 bits per heavy atom. The number of hydrazone groups is 1. The number of nitrogens with zero attached hydrogens (tertiary/aromatic N) is 2. The van der Waals surface area contributed by atoms with Gasteiger partial charge in [0.15, 0.2) is 5.78 Å². The third-order valence-electron chi connectivity index (χ3n) is 8.20. The molecular formula is C38H36N2O4. The number of amides is 1. The minimum absolute atomic E-state index is 0.0681. The lowest BCUT2D eigenvalue weighted by atomic mass is 9.77. The Balaban J connectivity index is 1.33. The summed E-state index contributed by atoms with van der Waals surface area (Å²) in [7, 11) is 0. The zero-order valence-corrected chi connectivity index (χ0v) is 25.1. The van der Waals surface area contributed by atoms with Gasteiger partial charge in [-0.1, -0.05) is 66.7 Å². The lowest BCUT2D eigenvalue weighted by Gasteiger charge is -2.30. The molecular weight excluding hydrogens is 548 g/mol. The van der Waals surface area contributed by atoms with Crippen LogP contribution in [0.4, 0.5) is 0 Å². The Morgan fingerprint density at radius 1 is 0.773 bits per heavy atom. The molecule has 0 aromatic heterocycles. The molecule has 1 fully saturated rings. The first-order chi connectivity index (χ1) is 21.6. The van der Waals surface area contributed by atoms with E-state index in [1.54, 1.807) is 41.4 Å². The minimum atomic E-state index is -0.247. The number of ether oxygens (including phenoxy) is 2. The first-order valence-corrected chi connectivity index (χ1v) is 15.3. The number of hydrogen-bond donors (Lipinski definition) is 0. The zero-order chi connectivity index (χ0) is 30.5. The second kappa shape index (κ2) is 13.1. The predicted molar refractivity (Wildman–Crippen MR) is 173 cm³/mol. The van der Waals surface area contributed by atoms with Crippen molar-refractivity contribution in [2.45, 2.75) is 39.2 Å². The van der Waals surface area contributed by atoms with Gasteiger partial charge in [-0.3, -0.25) is 9.59 Å². The van der Waals surface area contributed by atoms with Crippen LogP contribution in [0.25, 0.3) is 6.08 Å². The lowest BCUT2D eigenvalue weighted by Crippen LogP contribution is -2.32. The minimum Gasteiger partial charge on any atom is -0.494 e. The fourth-order valence-corrected chi connectivity index (χ4v) is 6.11. The van der Waals surface area contributed by atoms with Crippen LogP contribution in [0.2, 0.25) is 0 Å². The number of rotatable bonds is 9. The topological polar surface area (TPSA) is 68.2 Å². The fraction of sp³-hybridized carbons (Fsp3) is 0.237. The molecule has 44 heavy (non-hydrogen) atoms. The number of carbonyl (C=O) groups excluding carboxylic acids is 2. The van der Waals surface area contributed by atoms with E-state index in [-0.39, 0.29) is 23.7 Å². The van der Waals surface area contributed by atoms with Gasteiger partial charge in [-0.05, 0) is 92.3 Å². The summed E-state index contributed by atoms with van der Waals surface area (Å²) in [5.74, 6) is 1.45. The monoisotopic (exact) mass is 584 g/mol. The van der Waals surface area contributed by atoms with Crippen LogP contribution in [0.15, 0.2) is 114 Å². The van der Waals surface area contributed by atoms with E-state index >= 15 is 0 Å². The number of carbonyl (C=O) groups is 2. The highest BCUT2D eigenvalue weighted by atomic mass is 16.5. The molecule has 0 unspecified atom stereocenters. The van der Waals surface area contributed by atoms with Crippen molar-refractivity contribution in [3.63, 3.8) is 0 Å². The van der Waals surface area contributed by atoms with Crippen LogP contribution in [-0.4, -0.2) is 35.6 Å². The average Bonchev–Trinajstić information content (AvgIpc) is 3.47. The molecule has 6 rings (SSSR count). The van der Waals surface area contributed by atoms with E-state index in [9.17, 15) is 9.59 Å². The van der Waals surface area contributed by atoms with Gasteiger partial charge in [-0.15, -0.1) is 0 Å². The molecule has 0 saturated heterocycles. The molecule has 1 amide bonds. The van der Waals surface area contributed by atoms with Crippen molar-refractivity contribution >= 4 is 23.5 Å². The van der Waals surface area contributed by atoms with Gasteiger partial charge in [0.2, 0.25) is 0 Å². The second-order valence-corrected chi connectivity index (χ2v) is 11.0. The summed E-state index contributed by atoms with van der Waals surface area (Å²) in [6, 6.07) is 31.9. The molecule has 6 heteroatoms. The van der Waals surface area contributed by atoms with E-state index < -0.39 is 0 Å². The third-order valence-corrected chi connectivity index (χ3v) is 8.20. The van der Waals surface area contributed by atoms with Crippen molar-refractivity contribution in [1.29, 1.82) is 0 Å². The van der Waals surface area contributed by atoms with E-state index in [2.05, 4.69) is 18.2 Å². The molecule has 0 N–H and O–H groups in total. The van der Waals surface area contributed by atoms with Gasteiger partial charge in [-0.2, -0.15) is 5.10 Å². The highest BCUT2D eigenvalue weighted by molar-refractivity contribution is 6.10. The number of hydrogen-bond acceptors (Lipinski definition) is 5. The van der Waals surface area contributed by atoms with Crippen LogP contribution in [-0.2, 0) is 0 Å². The number of benzene rings is 4. The molecule has 222 valence electrons. The van der Waals surface area contributed by atoms with Crippen LogP contribution in [0.1, 0.15) is 76.6 Å². The lowest BCUT2D eigenvalue weighted by molar-refractivity contribution is 0.0680. The molecule has 1 heterocycles. The second-order valence-electron chi connectivity index (χ2n) is 11.0. The first kappa shape index (κ1) is 29.1. The molecule has 0 spiro atoms. The number of allylic oxidation sites excluding steroid dienone is 1. The fourth-order valence-electron chi connectivity index (χ4n) is 6.11. The van der Waals surface area contributed by atoms with Crippen molar-refractivity contribution in [3.8, 4) is 11.5 Å². The summed E-state index contributed by atoms with van der Waals surface area (Å²) in [6.07, 6.45) is 5.04. The summed E-state index contributed by atoms with van der Waals surface area (Å²) in [6.45, 7) is 5.15. The number of ketones is 1. The van der Waals surface area contributed by atoms with Crippen LogP contribution in [0.3, 0.4) is 0 Å². The Morgan fingerprint density at radius 3 is 2.00 bits per heavy atom. The van der Waals surface area contributed by atoms with Crippen LogP contribution < -0.4 is 9.47 Å². The van der Waals surface area contributed by atoms with Gasteiger partial charge in [0.05, 0.1) is 25.0 Å². The van der Waals surface area contributed by atoms with Gasteiger partial charge in [0.25, 0.3) is 5.91 Å². The molecule has 1 aliphatic carbocycles. The van der Waals surface area contributed by atoms with Gasteiger partial charge in [0.1, 0.15) is 11.5 Å². The Hall–Kier alpha value is -4.97. The molecule has 4 aromatic rings. The van der Waals surface area contributed by atoms with E-state index in [0.717, 1.165) is 53.2 Å². The van der Waals surface area contributed by atoms with Gasteiger partial charge in [0, 0.05) is 22.6 Å². The molecule has 0 radical (unpaired) electrons. The van der Waals surface area contributed by atoms with Gasteiger partial charge in [-0.25, -0.2) is 5.01 Å². The highest BCUT2D eigenvalue weighted by Gasteiger charge is 2.44. The zero-order valence-electron chi connectivity index (χ0n) is 25.1. The highest BCUT2D eigenvalue weighted by Crippen LogP contribution is 2.45. The van der Waals surface area contributed by atoms with Crippen molar-refractivity contribution in [3.05, 3.63) is 137 Å². The maximum atomic E-state index is 14.1. The quantitative estimate of drug-likeness (QED) is 0.186. The van der Waals surface area contributed by atoms with E-state index in [1.807, 2.05) is 68.4 Å². The van der Waals surface area contributed by atoms with Crippen LogP contribution in [0.5, 0.6) is 11.5 Å². The molecule has 4 aromatic carbocycles. The Labute approximate surface area is 258 Å². The summed E-state index contributed by atoms with van der Waals surface area (Å²) in [5, 5.41) is 6.70. The summed E-state index contributed by atoms with van der Waals surface area (Å²) >= 11 is 0. The van der Waals surface area contributed by atoms with Gasteiger partial charge >= 0.3 is 0 Å². The number of fused-ring (bicyclic) bond motifs is 1. The molecule has 1 saturated carbocycles. The van der Waals surface area contributed by atoms with E-state index in [1.165, 1.54) is 0 Å². The Bertz CT molecular complexity index is 1670. The van der Waals surface area contributed by atoms with Crippen LogP contribution >= 0.6 is 0 Å². The van der Waals surface area contributed by atoms with Crippen molar-refractivity contribution in [1.82, 2.24) is 5.01 Å². The molecule has 1 aliphatic heterocycles. The third kappa shape index (κ3) is 6.06. The van der Waals surface area contributed by atoms with Crippen molar-refractivity contribution < 1.29 is 19.1 Å². The molecule has 2 atom stereocenters. The average molecular weight is 585 g/mol. The maximum Gasteiger partial charge on any atom is 0.274 e. The maximum absolute atomic E-state index is 14.1. The van der Waals surface area contributed by atoms with Crippen LogP contribution in [0, 0.1) is 5.92 Å². The van der Waals surface area contributed by atoms with E-state index in [4.69, 9.17) is 14.6 Å². The van der Waals surface area contributed by atoms with E-state index in [0.29, 0.717) is 29.9 Å². The molecule has 0 bridgehead atoms. The smallest absolute Gasteiger partial charge is 0.274 e. The molecule has 6 nitrogen and oxygen atoms in total. The summed E-state index contributed by atoms with van der Waals surface area (Å²) < 4.78 is 11.3. The predicted octanol–water partition coefficient (Wildman–Crippen LogP) is 8.15.